The molecule has 0 aliphatic heterocycles. The van der Waals surface area contributed by atoms with E-state index in [1.807, 2.05) is 0 Å². The Morgan fingerprint density at radius 3 is 2.47 bits per heavy atom. The quantitative estimate of drug-likeness (QED) is 0.784. The van der Waals surface area contributed by atoms with Crippen molar-refractivity contribution in [3.8, 4) is 0 Å². The first-order chi connectivity index (χ1) is 8.40. The molecule has 0 amide bonds. The number of rotatable bonds is 6. The molecule has 0 saturated heterocycles. The van der Waals surface area contributed by atoms with Crippen molar-refractivity contribution < 1.29 is 0 Å². The van der Waals surface area contributed by atoms with E-state index in [1.54, 1.807) is 0 Å². The highest BCUT2D eigenvalue weighted by atomic mass is 14.5. The van der Waals surface area contributed by atoms with Gasteiger partial charge in [-0.2, -0.15) is 0 Å². The van der Waals surface area contributed by atoms with Crippen molar-refractivity contribution in [2.45, 2.75) is 50.9 Å². The summed E-state index contributed by atoms with van der Waals surface area (Å²) < 4.78 is 0. The van der Waals surface area contributed by atoms with Gasteiger partial charge in [0.05, 0.1) is 0 Å². The van der Waals surface area contributed by atoms with Gasteiger partial charge >= 0.3 is 0 Å². The zero-order valence-electron chi connectivity index (χ0n) is 10.8. The van der Waals surface area contributed by atoms with Crippen molar-refractivity contribution in [1.82, 2.24) is 0 Å². The normalized spacial score (nSPS) is 18.4. The second kappa shape index (κ2) is 6.80. The van der Waals surface area contributed by atoms with Gasteiger partial charge < -0.3 is 5.73 Å². The molecule has 1 aromatic rings. The molecule has 94 valence electrons. The summed E-state index contributed by atoms with van der Waals surface area (Å²) in [6.45, 7) is 0.786. The van der Waals surface area contributed by atoms with Gasteiger partial charge in [0, 0.05) is 0 Å². The topological polar surface area (TPSA) is 26.0 Å². The Morgan fingerprint density at radius 1 is 1.12 bits per heavy atom. The first-order valence-corrected chi connectivity index (χ1v) is 7.15. The van der Waals surface area contributed by atoms with Crippen LogP contribution in [-0.4, -0.2) is 6.54 Å². The molecule has 1 unspecified atom stereocenters. The van der Waals surface area contributed by atoms with Crippen LogP contribution in [0.15, 0.2) is 30.3 Å². The molecule has 1 atom stereocenters. The van der Waals surface area contributed by atoms with Crippen LogP contribution in [-0.2, 0) is 0 Å². The van der Waals surface area contributed by atoms with Crippen molar-refractivity contribution in [3.63, 3.8) is 0 Å². The largest absolute Gasteiger partial charge is 0.330 e. The van der Waals surface area contributed by atoms with Crippen LogP contribution in [0.3, 0.4) is 0 Å². The third-order valence-corrected chi connectivity index (χ3v) is 4.20. The molecular formula is C16H25N. The van der Waals surface area contributed by atoms with Crippen molar-refractivity contribution in [2.24, 2.45) is 11.7 Å². The van der Waals surface area contributed by atoms with E-state index < -0.39 is 0 Å². The zero-order chi connectivity index (χ0) is 11.9. The Kier molecular flexibility index (Phi) is 5.06. The zero-order valence-corrected chi connectivity index (χ0v) is 10.8. The molecule has 1 nitrogen and oxygen atoms in total. The Bertz CT molecular complexity index is 301. The SMILES string of the molecule is NCC(CCCC1CCCC1)c1ccccc1. The first kappa shape index (κ1) is 12.6. The van der Waals surface area contributed by atoms with E-state index in [4.69, 9.17) is 5.73 Å². The molecule has 0 spiro atoms. The number of nitrogens with two attached hydrogens (primary N) is 1. The van der Waals surface area contributed by atoms with Crippen molar-refractivity contribution >= 4 is 0 Å². The molecule has 1 fully saturated rings. The van der Waals surface area contributed by atoms with Crippen LogP contribution in [0, 0.1) is 5.92 Å². The van der Waals surface area contributed by atoms with E-state index in [9.17, 15) is 0 Å². The lowest BCUT2D eigenvalue weighted by Crippen LogP contribution is -2.12. The van der Waals surface area contributed by atoms with Crippen LogP contribution in [0.5, 0.6) is 0 Å². The lowest BCUT2D eigenvalue weighted by atomic mass is 9.91. The van der Waals surface area contributed by atoms with Crippen LogP contribution in [0.4, 0.5) is 0 Å². The van der Waals surface area contributed by atoms with Crippen LogP contribution in [0.25, 0.3) is 0 Å². The maximum atomic E-state index is 5.90. The van der Waals surface area contributed by atoms with E-state index in [1.165, 1.54) is 50.5 Å². The number of hydrogen-bond donors (Lipinski definition) is 1. The highest BCUT2D eigenvalue weighted by Crippen LogP contribution is 2.30. The van der Waals surface area contributed by atoms with E-state index in [2.05, 4.69) is 30.3 Å². The summed E-state index contributed by atoms with van der Waals surface area (Å²) in [4.78, 5) is 0. The molecular weight excluding hydrogens is 206 g/mol. The predicted octanol–water partition coefficient (Wildman–Crippen LogP) is 4.09. The standard InChI is InChI=1S/C16H25N/c17-13-16(15-10-2-1-3-11-15)12-6-9-14-7-4-5-8-14/h1-3,10-11,14,16H,4-9,12-13,17H2. The molecule has 1 aromatic carbocycles. The lowest BCUT2D eigenvalue weighted by molar-refractivity contribution is 0.454. The van der Waals surface area contributed by atoms with Gasteiger partial charge in [0.15, 0.2) is 0 Å². The van der Waals surface area contributed by atoms with Crippen LogP contribution >= 0.6 is 0 Å². The van der Waals surface area contributed by atoms with E-state index in [0.717, 1.165) is 12.5 Å². The minimum atomic E-state index is 0.567. The molecule has 0 bridgehead atoms. The molecule has 1 aliphatic carbocycles. The molecule has 0 radical (unpaired) electrons. The molecule has 1 heteroatoms. The monoisotopic (exact) mass is 231 g/mol. The predicted molar refractivity (Wildman–Crippen MR) is 74.0 cm³/mol. The number of hydrogen-bond acceptors (Lipinski definition) is 1. The second-order valence-corrected chi connectivity index (χ2v) is 5.42. The summed E-state index contributed by atoms with van der Waals surface area (Å²) in [6, 6.07) is 10.7. The van der Waals surface area contributed by atoms with Crippen molar-refractivity contribution in [2.75, 3.05) is 6.54 Å². The summed E-state index contributed by atoms with van der Waals surface area (Å²) in [6.07, 6.45) is 9.90. The average Bonchev–Trinajstić information content (AvgIpc) is 2.89. The van der Waals surface area contributed by atoms with E-state index in [0.29, 0.717) is 5.92 Å². The fraction of sp³-hybridized carbons (Fsp3) is 0.625. The van der Waals surface area contributed by atoms with E-state index in [-0.39, 0.29) is 0 Å². The maximum absolute atomic E-state index is 5.90. The molecule has 0 aromatic heterocycles. The van der Waals surface area contributed by atoms with E-state index >= 15 is 0 Å². The van der Waals surface area contributed by atoms with Gasteiger partial charge in [0.1, 0.15) is 0 Å². The van der Waals surface area contributed by atoms with Gasteiger partial charge in [-0.1, -0.05) is 68.9 Å². The lowest BCUT2D eigenvalue weighted by Gasteiger charge is -2.16. The summed E-state index contributed by atoms with van der Waals surface area (Å²) in [7, 11) is 0. The maximum Gasteiger partial charge on any atom is -0.000824 e. The fourth-order valence-corrected chi connectivity index (χ4v) is 3.10. The molecule has 2 rings (SSSR count). The van der Waals surface area contributed by atoms with Gasteiger partial charge in [0.2, 0.25) is 0 Å². The Labute approximate surface area is 105 Å². The van der Waals surface area contributed by atoms with Gasteiger partial charge in [0.25, 0.3) is 0 Å². The van der Waals surface area contributed by atoms with Crippen LogP contribution in [0.1, 0.15) is 56.4 Å². The average molecular weight is 231 g/mol. The van der Waals surface area contributed by atoms with Crippen molar-refractivity contribution in [1.29, 1.82) is 0 Å². The van der Waals surface area contributed by atoms with Crippen LogP contribution < -0.4 is 5.73 Å². The molecule has 0 heterocycles. The molecule has 1 saturated carbocycles. The molecule has 2 N–H and O–H groups in total. The fourth-order valence-electron chi connectivity index (χ4n) is 3.10. The third-order valence-electron chi connectivity index (χ3n) is 4.20. The Morgan fingerprint density at radius 2 is 1.82 bits per heavy atom. The smallest absolute Gasteiger partial charge is 0.000824 e. The first-order valence-electron chi connectivity index (χ1n) is 7.15. The van der Waals surface area contributed by atoms with Gasteiger partial charge in [-0.3, -0.25) is 0 Å². The summed E-state index contributed by atoms with van der Waals surface area (Å²) in [5.41, 5.74) is 7.32. The third kappa shape index (κ3) is 3.85. The van der Waals surface area contributed by atoms with Crippen LogP contribution in [0.2, 0.25) is 0 Å². The van der Waals surface area contributed by atoms with Gasteiger partial charge in [-0.05, 0) is 30.4 Å². The Balaban J connectivity index is 1.75. The minimum Gasteiger partial charge on any atom is -0.330 e. The summed E-state index contributed by atoms with van der Waals surface area (Å²) in [5.74, 6) is 1.59. The van der Waals surface area contributed by atoms with Gasteiger partial charge in [-0.15, -0.1) is 0 Å². The van der Waals surface area contributed by atoms with Gasteiger partial charge in [-0.25, -0.2) is 0 Å². The second-order valence-electron chi connectivity index (χ2n) is 5.42. The molecule has 1 aliphatic rings. The highest BCUT2D eigenvalue weighted by Gasteiger charge is 2.15. The summed E-state index contributed by atoms with van der Waals surface area (Å²) in [5, 5.41) is 0. The molecule has 17 heavy (non-hydrogen) atoms. The highest BCUT2D eigenvalue weighted by molar-refractivity contribution is 5.19. The minimum absolute atomic E-state index is 0.567. The Hall–Kier alpha value is -0.820. The summed E-state index contributed by atoms with van der Waals surface area (Å²) >= 11 is 0. The van der Waals surface area contributed by atoms with Crippen molar-refractivity contribution in [3.05, 3.63) is 35.9 Å². The number of benzene rings is 1.